The first-order chi connectivity index (χ1) is 14.7. The number of benzene rings is 2. The zero-order valence-corrected chi connectivity index (χ0v) is 17.6. The maximum atomic E-state index is 6.06. The average molecular weight is 434 g/mol. The van der Waals surface area contributed by atoms with Gasteiger partial charge in [0.25, 0.3) is 0 Å². The van der Waals surface area contributed by atoms with Crippen molar-refractivity contribution < 1.29 is 0 Å². The SMILES string of the molecule is Cl.N=C(N)N.c1ccc2ncccc2c1.c1ccc2ncncc2c1.c1ccncc1. The Bertz CT molecular complexity index is 921. The van der Waals surface area contributed by atoms with Gasteiger partial charge in [0.15, 0.2) is 5.96 Å². The van der Waals surface area contributed by atoms with Gasteiger partial charge in [-0.2, -0.15) is 0 Å². The molecule has 7 nitrogen and oxygen atoms in total. The van der Waals surface area contributed by atoms with Crippen molar-refractivity contribution in [1.29, 1.82) is 5.41 Å². The summed E-state index contributed by atoms with van der Waals surface area (Å²) in [4.78, 5) is 15.9. The van der Waals surface area contributed by atoms with E-state index in [1.54, 1.807) is 18.7 Å². The number of guanidine groups is 1. The second-order valence-corrected chi connectivity index (χ2v) is 5.76. The van der Waals surface area contributed by atoms with E-state index in [0.29, 0.717) is 0 Å². The van der Waals surface area contributed by atoms with Gasteiger partial charge in [-0.15, -0.1) is 12.4 Å². The summed E-state index contributed by atoms with van der Waals surface area (Å²) in [6, 6.07) is 25.7. The zero-order valence-electron chi connectivity index (χ0n) is 16.7. The fraction of sp³-hybridized carbons (Fsp3) is 0. The first kappa shape index (κ1) is 24.9. The second kappa shape index (κ2) is 14.8. The molecular weight excluding hydrogens is 410 g/mol. The maximum Gasteiger partial charge on any atom is 0.183 e. The number of nitrogens with one attached hydrogen (secondary N) is 1. The molecule has 0 bridgehead atoms. The number of para-hydroxylation sites is 2. The van der Waals surface area contributed by atoms with E-state index in [1.807, 2.05) is 79.1 Å². The molecule has 5 aromatic rings. The maximum absolute atomic E-state index is 6.06. The highest BCUT2D eigenvalue weighted by Gasteiger charge is 1.88. The molecule has 0 spiro atoms. The van der Waals surface area contributed by atoms with Crippen LogP contribution >= 0.6 is 12.4 Å². The van der Waals surface area contributed by atoms with Crippen LogP contribution in [0.5, 0.6) is 0 Å². The number of hydrogen-bond acceptors (Lipinski definition) is 5. The lowest BCUT2D eigenvalue weighted by molar-refractivity contribution is 1.22. The van der Waals surface area contributed by atoms with Crippen molar-refractivity contribution in [2.45, 2.75) is 0 Å². The minimum absolute atomic E-state index is 0. The Hall–Kier alpha value is -4.10. The van der Waals surface area contributed by atoms with E-state index in [0.717, 1.165) is 16.4 Å². The van der Waals surface area contributed by atoms with E-state index in [1.165, 1.54) is 5.39 Å². The van der Waals surface area contributed by atoms with Crippen molar-refractivity contribution in [2.24, 2.45) is 11.5 Å². The quantitative estimate of drug-likeness (QED) is 0.248. The van der Waals surface area contributed by atoms with Crippen LogP contribution in [-0.2, 0) is 0 Å². The smallest absolute Gasteiger partial charge is 0.183 e. The third kappa shape index (κ3) is 10.3. The normalized spacial score (nSPS) is 8.77. The highest BCUT2D eigenvalue weighted by atomic mass is 35.5. The molecule has 0 atom stereocenters. The Morgan fingerprint density at radius 3 is 1.68 bits per heavy atom. The zero-order chi connectivity index (χ0) is 21.4. The Morgan fingerprint density at radius 1 is 0.613 bits per heavy atom. The van der Waals surface area contributed by atoms with Crippen LogP contribution < -0.4 is 11.5 Å². The highest BCUT2D eigenvalue weighted by molar-refractivity contribution is 5.85. The van der Waals surface area contributed by atoms with E-state index >= 15 is 0 Å². The number of aromatic nitrogens is 4. The number of nitrogens with zero attached hydrogens (tertiary/aromatic N) is 4. The minimum Gasteiger partial charge on any atom is -0.370 e. The second-order valence-electron chi connectivity index (χ2n) is 5.76. The number of pyridine rings is 2. The lowest BCUT2D eigenvalue weighted by atomic mass is 10.2. The first-order valence-corrected chi connectivity index (χ1v) is 9.06. The molecule has 0 radical (unpaired) electrons. The predicted molar refractivity (Wildman–Crippen MR) is 129 cm³/mol. The van der Waals surface area contributed by atoms with Crippen molar-refractivity contribution in [1.82, 2.24) is 19.9 Å². The topological polar surface area (TPSA) is 127 Å². The van der Waals surface area contributed by atoms with Crippen LogP contribution in [0.1, 0.15) is 0 Å². The van der Waals surface area contributed by atoms with Crippen molar-refractivity contribution in [2.75, 3.05) is 0 Å². The largest absolute Gasteiger partial charge is 0.370 e. The van der Waals surface area contributed by atoms with Gasteiger partial charge in [0.2, 0.25) is 0 Å². The van der Waals surface area contributed by atoms with Gasteiger partial charge < -0.3 is 11.5 Å². The Morgan fingerprint density at radius 2 is 1.16 bits per heavy atom. The van der Waals surface area contributed by atoms with Crippen LogP contribution in [0.25, 0.3) is 21.8 Å². The summed E-state index contributed by atoms with van der Waals surface area (Å²) in [7, 11) is 0. The number of fused-ring (bicyclic) bond motifs is 2. The highest BCUT2D eigenvalue weighted by Crippen LogP contribution is 2.08. The van der Waals surface area contributed by atoms with Gasteiger partial charge >= 0.3 is 0 Å². The molecule has 0 saturated carbocycles. The van der Waals surface area contributed by atoms with Crippen molar-refractivity contribution in [3.05, 3.63) is 110 Å². The summed E-state index contributed by atoms with van der Waals surface area (Å²) in [6.07, 6.45) is 8.67. The van der Waals surface area contributed by atoms with Gasteiger partial charge in [-0.25, -0.2) is 9.97 Å². The molecule has 0 aliphatic heterocycles. The molecular formula is C23H24ClN7. The van der Waals surface area contributed by atoms with Crippen LogP contribution in [0, 0.1) is 5.41 Å². The molecule has 8 heteroatoms. The number of rotatable bonds is 0. The van der Waals surface area contributed by atoms with Crippen LogP contribution in [0.15, 0.2) is 110 Å². The average Bonchev–Trinajstić information content (AvgIpc) is 2.81. The summed E-state index contributed by atoms with van der Waals surface area (Å²) in [5.74, 6) is -0.333. The molecule has 0 amide bonds. The van der Waals surface area contributed by atoms with Crippen LogP contribution in [0.3, 0.4) is 0 Å². The Labute approximate surface area is 187 Å². The molecule has 0 unspecified atom stereocenters. The van der Waals surface area contributed by atoms with Crippen molar-refractivity contribution >= 4 is 40.2 Å². The van der Waals surface area contributed by atoms with Crippen LogP contribution in [0.2, 0.25) is 0 Å². The molecule has 158 valence electrons. The summed E-state index contributed by atoms with van der Waals surface area (Å²) >= 11 is 0. The fourth-order valence-electron chi connectivity index (χ4n) is 2.25. The van der Waals surface area contributed by atoms with E-state index < -0.39 is 0 Å². The van der Waals surface area contributed by atoms with Gasteiger partial charge in [-0.3, -0.25) is 15.4 Å². The lowest BCUT2D eigenvalue weighted by Gasteiger charge is -1.91. The standard InChI is InChI=1S/C9H7N.C8H6N2.C5H5N.CH5N3.ClH/c1-2-6-9-8(4-1)5-3-7-10-9;1-2-4-8-7(3-1)5-9-6-10-8;1-2-4-6-5-3-1;2-1(3)4;/h1-7H;1-6H;1-5H;(H5,2,3,4);1H. The molecule has 5 N–H and O–H groups in total. The van der Waals surface area contributed by atoms with E-state index in [9.17, 15) is 0 Å². The molecule has 0 fully saturated rings. The van der Waals surface area contributed by atoms with E-state index in [-0.39, 0.29) is 18.4 Å². The number of nitrogens with two attached hydrogens (primary N) is 2. The molecule has 0 aliphatic rings. The van der Waals surface area contributed by atoms with Crippen LogP contribution in [0.4, 0.5) is 0 Å². The molecule has 3 aromatic heterocycles. The minimum atomic E-state index is -0.333. The number of hydrogen-bond donors (Lipinski definition) is 3. The first-order valence-electron chi connectivity index (χ1n) is 9.06. The molecule has 0 aliphatic carbocycles. The third-order valence-electron chi connectivity index (χ3n) is 3.49. The van der Waals surface area contributed by atoms with Crippen molar-refractivity contribution in [3.8, 4) is 0 Å². The summed E-state index contributed by atoms with van der Waals surface area (Å²) in [5, 5.41) is 8.34. The molecule has 2 aromatic carbocycles. The molecule has 0 saturated heterocycles. The van der Waals surface area contributed by atoms with E-state index in [2.05, 4.69) is 43.5 Å². The van der Waals surface area contributed by atoms with Gasteiger partial charge in [-0.05, 0) is 30.3 Å². The molecule has 5 rings (SSSR count). The number of halogens is 1. The summed E-state index contributed by atoms with van der Waals surface area (Å²) in [5.41, 5.74) is 11.0. The summed E-state index contributed by atoms with van der Waals surface area (Å²) in [6.45, 7) is 0. The third-order valence-corrected chi connectivity index (χ3v) is 3.49. The van der Waals surface area contributed by atoms with Gasteiger partial charge in [0, 0.05) is 35.6 Å². The van der Waals surface area contributed by atoms with Gasteiger partial charge in [-0.1, -0.05) is 48.5 Å². The van der Waals surface area contributed by atoms with E-state index in [4.69, 9.17) is 5.41 Å². The Balaban J connectivity index is 0.000000217. The van der Waals surface area contributed by atoms with Gasteiger partial charge in [0.05, 0.1) is 11.0 Å². The molecule has 31 heavy (non-hydrogen) atoms. The fourth-order valence-corrected chi connectivity index (χ4v) is 2.25. The Kier molecular flexibility index (Phi) is 11.9. The van der Waals surface area contributed by atoms with Crippen molar-refractivity contribution in [3.63, 3.8) is 0 Å². The molecule has 3 heterocycles. The van der Waals surface area contributed by atoms with Crippen LogP contribution in [-0.4, -0.2) is 25.9 Å². The lowest BCUT2D eigenvalue weighted by Crippen LogP contribution is -2.20. The monoisotopic (exact) mass is 433 g/mol. The predicted octanol–water partition coefficient (Wildman–Crippen LogP) is 4.21. The summed E-state index contributed by atoms with van der Waals surface area (Å²) < 4.78 is 0. The van der Waals surface area contributed by atoms with Gasteiger partial charge in [0.1, 0.15) is 6.33 Å².